The highest BCUT2D eigenvalue weighted by Gasteiger charge is 2.24. The van der Waals surface area contributed by atoms with E-state index in [0.29, 0.717) is 25.9 Å². The number of carbonyl (C=O) groups excluding carboxylic acids is 1. The van der Waals surface area contributed by atoms with Crippen LogP contribution in [0.25, 0.3) is 0 Å². The smallest absolute Gasteiger partial charge is 0.277 e. The number of nitrogens with one attached hydrogen (secondary N) is 2. The van der Waals surface area contributed by atoms with Gasteiger partial charge in [-0.25, -0.2) is 5.10 Å². The number of piperazine rings is 1. The van der Waals surface area contributed by atoms with Crippen molar-refractivity contribution in [2.75, 3.05) is 26.2 Å². The molecular weight excluding hydrogens is 244 g/mol. The standard InChI is InChI=1S/C13H20N4O2/c1-3-9-10(4-2)15-16-12(18)11(9)13(19)17-7-5-14-6-8-17/h14H,3-8H2,1-2H3,(H,16,18). The fourth-order valence-corrected chi connectivity index (χ4v) is 2.45. The molecule has 0 atom stereocenters. The highest BCUT2D eigenvalue weighted by atomic mass is 16.2. The molecular formula is C13H20N4O2. The number of aromatic amines is 1. The van der Waals surface area contributed by atoms with E-state index >= 15 is 0 Å². The molecule has 2 N–H and O–H groups in total. The van der Waals surface area contributed by atoms with Gasteiger partial charge in [-0.3, -0.25) is 9.59 Å². The van der Waals surface area contributed by atoms with Crippen LogP contribution in [0.4, 0.5) is 0 Å². The van der Waals surface area contributed by atoms with Crippen molar-refractivity contribution in [1.82, 2.24) is 20.4 Å². The Labute approximate surface area is 112 Å². The number of hydrogen-bond donors (Lipinski definition) is 2. The van der Waals surface area contributed by atoms with E-state index in [4.69, 9.17) is 0 Å². The summed E-state index contributed by atoms with van der Waals surface area (Å²) in [6.45, 7) is 6.76. The van der Waals surface area contributed by atoms with Gasteiger partial charge in [0.25, 0.3) is 11.5 Å². The van der Waals surface area contributed by atoms with Gasteiger partial charge in [-0.05, 0) is 18.4 Å². The first-order valence-electron chi connectivity index (χ1n) is 6.79. The van der Waals surface area contributed by atoms with Gasteiger partial charge < -0.3 is 10.2 Å². The van der Waals surface area contributed by atoms with Gasteiger partial charge in [0.2, 0.25) is 0 Å². The predicted molar refractivity (Wildman–Crippen MR) is 72.4 cm³/mol. The summed E-state index contributed by atoms with van der Waals surface area (Å²) in [6.07, 6.45) is 1.36. The van der Waals surface area contributed by atoms with Crippen LogP contribution in [-0.2, 0) is 12.8 Å². The average Bonchev–Trinajstić information content (AvgIpc) is 2.47. The molecule has 0 radical (unpaired) electrons. The van der Waals surface area contributed by atoms with Crippen LogP contribution in [0.5, 0.6) is 0 Å². The predicted octanol–water partition coefficient (Wildman–Crippen LogP) is -0.0599. The minimum Gasteiger partial charge on any atom is -0.336 e. The molecule has 2 rings (SSSR count). The van der Waals surface area contributed by atoms with E-state index in [1.807, 2.05) is 13.8 Å². The van der Waals surface area contributed by atoms with Gasteiger partial charge in [0.05, 0.1) is 5.69 Å². The second-order valence-electron chi connectivity index (χ2n) is 4.60. The van der Waals surface area contributed by atoms with Gasteiger partial charge in [0, 0.05) is 26.2 Å². The van der Waals surface area contributed by atoms with E-state index in [0.717, 1.165) is 24.3 Å². The van der Waals surface area contributed by atoms with Crippen LogP contribution in [0.2, 0.25) is 0 Å². The van der Waals surface area contributed by atoms with E-state index in [2.05, 4.69) is 15.5 Å². The summed E-state index contributed by atoms with van der Waals surface area (Å²) in [5, 5.41) is 9.68. The van der Waals surface area contributed by atoms with Crippen LogP contribution in [0.1, 0.15) is 35.5 Å². The van der Waals surface area contributed by atoms with Crippen molar-refractivity contribution in [3.8, 4) is 0 Å². The third-order valence-electron chi connectivity index (χ3n) is 3.48. The Bertz CT molecular complexity index is 518. The first-order chi connectivity index (χ1) is 9.19. The van der Waals surface area contributed by atoms with Gasteiger partial charge in [0.15, 0.2) is 0 Å². The highest BCUT2D eigenvalue weighted by Crippen LogP contribution is 2.12. The lowest BCUT2D eigenvalue weighted by molar-refractivity contribution is 0.0732. The molecule has 0 aromatic carbocycles. The summed E-state index contributed by atoms with van der Waals surface area (Å²) >= 11 is 0. The van der Waals surface area contributed by atoms with Crippen molar-refractivity contribution < 1.29 is 4.79 Å². The fraction of sp³-hybridized carbons (Fsp3) is 0.615. The summed E-state index contributed by atoms with van der Waals surface area (Å²) in [5.74, 6) is -0.170. The van der Waals surface area contributed by atoms with Gasteiger partial charge in [-0.1, -0.05) is 13.8 Å². The summed E-state index contributed by atoms with van der Waals surface area (Å²) in [7, 11) is 0. The van der Waals surface area contributed by atoms with Crippen molar-refractivity contribution in [3.05, 3.63) is 27.2 Å². The zero-order valence-electron chi connectivity index (χ0n) is 11.5. The minimum atomic E-state index is -0.377. The van der Waals surface area contributed by atoms with Crippen LogP contribution in [-0.4, -0.2) is 47.2 Å². The molecule has 0 aliphatic carbocycles. The Morgan fingerprint density at radius 1 is 1.26 bits per heavy atom. The molecule has 0 spiro atoms. The molecule has 0 bridgehead atoms. The minimum absolute atomic E-state index is 0.170. The quantitative estimate of drug-likeness (QED) is 0.802. The van der Waals surface area contributed by atoms with Crippen LogP contribution < -0.4 is 10.9 Å². The molecule has 1 amide bonds. The lowest BCUT2D eigenvalue weighted by Crippen LogP contribution is -2.48. The summed E-state index contributed by atoms with van der Waals surface area (Å²) in [4.78, 5) is 26.2. The lowest BCUT2D eigenvalue weighted by Gasteiger charge is -2.28. The van der Waals surface area contributed by atoms with E-state index in [1.54, 1.807) is 4.90 Å². The molecule has 1 aromatic rings. The van der Waals surface area contributed by atoms with Gasteiger partial charge >= 0.3 is 0 Å². The second-order valence-corrected chi connectivity index (χ2v) is 4.60. The van der Waals surface area contributed by atoms with E-state index in [9.17, 15) is 9.59 Å². The number of hydrogen-bond acceptors (Lipinski definition) is 4. The van der Waals surface area contributed by atoms with Crippen molar-refractivity contribution in [3.63, 3.8) is 0 Å². The van der Waals surface area contributed by atoms with Crippen LogP contribution in [0, 0.1) is 0 Å². The van der Waals surface area contributed by atoms with Crippen molar-refractivity contribution in [2.45, 2.75) is 26.7 Å². The molecule has 6 nitrogen and oxygen atoms in total. The van der Waals surface area contributed by atoms with E-state index in [-0.39, 0.29) is 17.0 Å². The Kier molecular flexibility index (Phi) is 4.31. The maximum Gasteiger partial charge on any atom is 0.277 e. The third-order valence-corrected chi connectivity index (χ3v) is 3.48. The number of aromatic nitrogens is 2. The van der Waals surface area contributed by atoms with Gasteiger partial charge in [-0.2, -0.15) is 5.10 Å². The Morgan fingerprint density at radius 2 is 1.95 bits per heavy atom. The second kappa shape index (κ2) is 5.97. The Morgan fingerprint density at radius 3 is 2.53 bits per heavy atom. The Balaban J connectivity index is 2.42. The fourth-order valence-electron chi connectivity index (χ4n) is 2.45. The number of H-pyrrole nitrogens is 1. The first kappa shape index (κ1) is 13.7. The molecule has 0 saturated carbocycles. The maximum atomic E-state index is 12.5. The highest BCUT2D eigenvalue weighted by molar-refractivity contribution is 5.95. The first-order valence-corrected chi connectivity index (χ1v) is 6.79. The third kappa shape index (κ3) is 2.68. The molecule has 0 unspecified atom stereocenters. The molecule has 1 aromatic heterocycles. The molecule has 19 heavy (non-hydrogen) atoms. The van der Waals surface area contributed by atoms with Crippen LogP contribution in [0.15, 0.2) is 4.79 Å². The number of rotatable bonds is 3. The summed E-state index contributed by atoms with van der Waals surface area (Å²) < 4.78 is 0. The monoisotopic (exact) mass is 264 g/mol. The van der Waals surface area contributed by atoms with E-state index in [1.165, 1.54) is 0 Å². The largest absolute Gasteiger partial charge is 0.336 e. The molecule has 6 heteroatoms. The molecule has 2 heterocycles. The van der Waals surface area contributed by atoms with Crippen molar-refractivity contribution in [2.24, 2.45) is 0 Å². The van der Waals surface area contributed by atoms with Crippen LogP contribution >= 0.6 is 0 Å². The van der Waals surface area contributed by atoms with Crippen molar-refractivity contribution in [1.29, 1.82) is 0 Å². The summed E-state index contributed by atoms with van der Waals surface area (Å²) in [6, 6.07) is 0. The zero-order valence-corrected chi connectivity index (χ0v) is 11.5. The number of amides is 1. The maximum absolute atomic E-state index is 12.5. The molecule has 1 saturated heterocycles. The Hall–Kier alpha value is -1.69. The lowest BCUT2D eigenvalue weighted by atomic mass is 10.0. The number of nitrogens with zero attached hydrogens (tertiary/aromatic N) is 2. The van der Waals surface area contributed by atoms with Gasteiger partial charge in [0.1, 0.15) is 5.56 Å². The summed E-state index contributed by atoms with van der Waals surface area (Å²) in [5.41, 5.74) is 1.49. The molecule has 1 aliphatic heterocycles. The van der Waals surface area contributed by atoms with Crippen LogP contribution in [0.3, 0.4) is 0 Å². The average molecular weight is 264 g/mol. The normalized spacial score (nSPS) is 15.6. The van der Waals surface area contributed by atoms with E-state index < -0.39 is 0 Å². The zero-order chi connectivity index (χ0) is 13.8. The number of aryl methyl sites for hydroxylation is 1. The SMILES string of the molecule is CCc1n[nH]c(=O)c(C(=O)N2CCNCC2)c1CC. The molecule has 1 fully saturated rings. The topological polar surface area (TPSA) is 78.1 Å². The molecule has 1 aliphatic rings. The number of carbonyl (C=O) groups is 1. The van der Waals surface area contributed by atoms with Gasteiger partial charge in [-0.15, -0.1) is 0 Å². The van der Waals surface area contributed by atoms with Crippen molar-refractivity contribution >= 4 is 5.91 Å². The molecule has 104 valence electrons.